The molecule has 4 heteroatoms. The van der Waals surface area contributed by atoms with E-state index in [9.17, 15) is 4.79 Å². The summed E-state index contributed by atoms with van der Waals surface area (Å²) in [5.74, 6) is 0.123. The number of nitrogens with zero attached hydrogens (tertiary/aromatic N) is 3. The molecule has 0 saturated carbocycles. The Morgan fingerprint density at radius 3 is 2.50 bits per heavy atom. The molecule has 0 bridgehead atoms. The van der Waals surface area contributed by atoms with Gasteiger partial charge in [-0.25, -0.2) is 0 Å². The summed E-state index contributed by atoms with van der Waals surface area (Å²) in [6.45, 7) is 1.77. The number of likely N-dealkylation sites (tertiary alicyclic amines) is 1. The maximum absolute atomic E-state index is 12.0. The first-order valence-corrected chi connectivity index (χ1v) is 6.05. The summed E-state index contributed by atoms with van der Waals surface area (Å²) in [5, 5.41) is 4.28. The molecule has 1 radical (unpaired) electrons. The average molecular weight is 240 g/mol. The van der Waals surface area contributed by atoms with Crippen LogP contribution in [-0.4, -0.2) is 33.7 Å². The molecule has 3 rings (SSSR count). The zero-order chi connectivity index (χ0) is 12.5. The molecule has 0 aliphatic carbocycles. The number of amides is 1. The summed E-state index contributed by atoms with van der Waals surface area (Å²) in [5.41, 5.74) is 2.53. The van der Waals surface area contributed by atoms with Crippen molar-refractivity contribution in [3.8, 4) is 11.3 Å². The highest BCUT2D eigenvalue weighted by Crippen LogP contribution is 2.19. The summed E-state index contributed by atoms with van der Waals surface area (Å²) in [4.78, 5) is 13.8. The van der Waals surface area contributed by atoms with Crippen molar-refractivity contribution in [2.75, 3.05) is 13.1 Å². The molecule has 1 saturated heterocycles. The highest BCUT2D eigenvalue weighted by molar-refractivity contribution is 5.95. The number of hydrogen-bond donors (Lipinski definition) is 0. The molecule has 1 aliphatic heterocycles. The van der Waals surface area contributed by atoms with Crippen molar-refractivity contribution in [2.24, 2.45) is 7.05 Å². The Morgan fingerprint density at radius 1 is 1.28 bits per heavy atom. The largest absolute Gasteiger partial charge is 0.339 e. The molecule has 18 heavy (non-hydrogen) atoms. The van der Waals surface area contributed by atoms with Crippen LogP contribution in [0.3, 0.4) is 0 Å². The Morgan fingerprint density at radius 2 is 2.00 bits per heavy atom. The SMILES string of the molecule is Cn1c[c]c(-c2ccc(C(=O)N3CCC3)cc2)n1. The lowest BCUT2D eigenvalue weighted by molar-refractivity contribution is 0.0652. The fourth-order valence-corrected chi connectivity index (χ4v) is 1.98. The van der Waals surface area contributed by atoms with Crippen molar-refractivity contribution < 1.29 is 4.79 Å². The lowest BCUT2D eigenvalue weighted by atomic mass is 10.1. The molecule has 0 unspecified atom stereocenters. The molecule has 0 spiro atoms. The van der Waals surface area contributed by atoms with Crippen molar-refractivity contribution in [1.29, 1.82) is 0 Å². The van der Waals surface area contributed by atoms with Crippen LogP contribution in [0.5, 0.6) is 0 Å². The van der Waals surface area contributed by atoms with Crippen molar-refractivity contribution in [3.63, 3.8) is 0 Å². The van der Waals surface area contributed by atoms with Crippen LogP contribution < -0.4 is 0 Å². The van der Waals surface area contributed by atoms with Gasteiger partial charge < -0.3 is 4.90 Å². The number of carbonyl (C=O) groups is 1. The van der Waals surface area contributed by atoms with E-state index < -0.39 is 0 Å². The van der Waals surface area contributed by atoms with E-state index >= 15 is 0 Å². The third kappa shape index (κ3) is 1.90. The van der Waals surface area contributed by atoms with Gasteiger partial charge in [0.05, 0.1) is 0 Å². The van der Waals surface area contributed by atoms with E-state index in [1.807, 2.05) is 36.2 Å². The molecular weight excluding hydrogens is 226 g/mol. The number of carbonyl (C=O) groups excluding carboxylic acids is 1. The van der Waals surface area contributed by atoms with Crippen LogP contribution in [-0.2, 0) is 7.05 Å². The predicted octanol–water partition coefficient (Wildman–Crippen LogP) is 1.73. The first-order valence-electron chi connectivity index (χ1n) is 6.05. The van der Waals surface area contributed by atoms with Gasteiger partial charge in [-0.1, -0.05) is 12.1 Å². The molecule has 1 fully saturated rings. The summed E-state index contributed by atoms with van der Waals surface area (Å²) < 4.78 is 1.72. The molecule has 1 aliphatic rings. The second-order valence-corrected chi connectivity index (χ2v) is 4.52. The van der Waals surface area contributed by atoms with Gasteiger partial charge in [0.15, 0.2) is 0 Å². The van der Waals surface area contributed by atoms with E-state index in [0.29, 0.717) is 0 Å². The quantitative estimate of drug-likeness (QED) is 0.801. The van der Waals surface area contributed by atoms with Gasteiger partial charge in [-0.15, -0.1) is 0 Å². The van der Waals surface area contributed by atoms with Crippen LogP contribution in [0.1, 0.15) is 16.8 Å². The van der Waals surface area contributed by atoms with E-state index in [2.05, 4.69) is 11.2 Å². The van der Waals surface area contributed by atoms with E-state index in [1.54, 1.807) is 10.9 Å². The summed E-state index contributed by atoms with van der Waals surface area (Å²) in [6, 6.07) is 10.6. The van der Waals surface area contributed by atoms with E-state index in [1.165, 1.54) is 0 Å². The van der Waals surface area contributed by atoms with Crippen LogP contribution >= 0.6 is 0 Å². The molecule has 1 amide bonds. The van der Waals surface area contributed by atoms with Gasteiger partial charge in [0, 0.05) is 43.5 Å². The highest BCUT2D eigenvalue weighted by Gasteiger charge is 2.21. The molecule has 91 valence electrons. The van der Waals surface area contributed by atoms with Gasteiger partial charge >= 0.3 is 0 Å². The van der Waals surface area contributed by atoms with Crippen LogP contribution in [0.25, 0.3) is 11.3 Å². The van der Waals surface area contributed by atoms with Crippen LogP contribution in [0.15, 0.2) is 30.5 Å². The minimum absolute atomic E-state index is 0.123. The third-order valence-electron chi connectivity index (χ3n) is 3.19. The van der Waals surface area contributed by atoms with Gasteiger partial charge in [-0.2, -0.15) is 5.10 Å². The van der Waals surface area contributed by atoms with Crippen LogP contribution in [0.4, 0.5) is 0 Å². The maximum atomic E-state index is 12.0. The van der Waals surface area contributed by atoms with E-state index in [-0.39, 0.29) is 5.91 Å². The number of aryl methyl sites for hydroxylation is 1. The molecule has 1 aromatic carbocycles. The Balaban J connectivity index is 1.82. The highest BCUT2D eigenvalue weighted by atomic mass is 16.2. The Bertz CT molecular complexity index is 567. The smallest absolute Gasteiger partial charge is 0.253 e. The lowest BCUT2D eigenvalue weighted by Crippen LogP contribution is -2.41. The maximum Gasteiger partial charge on any atom is 0.253 e. The third-order valence-corrected chi connectivity index (χ3v) is 3.19. The number of aromatic nitrogens is 2. The van der Waals surface area contributed by atoms with E-state index in [0.717, 1.165) is 36.3 Å². The van der Waals surface area contributed by atoms with Crippen molar-refractivity contribution in [1.82, 2.24) is 14.7 Å². The van der Waals surface area contributed by atoms with Gasteiger partial charge in [0.2, 0.25) is 0 Å². The topological polar surface area (TPSA) is 38.1 Å². The first kappa shape index (κ1) is 11.0. The zero-order valence-corrected chi connectivity index (χ0v) is 10.3. The monoisotopic (exact) mass is 240 g/mol. The number of benzene rings is 1. The van der Waals surface area contributed by atoms with Crippen LogP contribution in [0, 0.1) is 6.07 Å². The summed E-state index contributed by atoms with van der Waals surface area (Å²) in [6.07, 6.45) is 2.90. The van der Waals surface area contributed by atoms with Gasteiger partial charge in [-0.05, 0) is 18.6 Å². The fourth-order valence-electron chi connectivity index (χ4n) is 1.98. The predicted molar refractivity (Wildman–Crippen MR) is 68.0 cm³/mol. The standard InChI is InChI=1S/C14H14N3O/c1-16-10-7-13(15-16)11-3-5-12(6-4-11)14(18)17-8-2-9-17/h3-6,10H,2,8-9H2,1H3. The molecule has 1 aromatic heterocycles. The second-order valence-electron chi connectivity index (χ2n) is 4.52. The van der Waals surface area contributed by atoms with Crippen LogP contribution in [0.2, 0.25) is 0 Å². The van der Waals surface area contributed by atoms with E-state index in [4.69, 9.17) is 0 Å². The Hall–Kier alpha value is -2.10. The minimum Gasteiger partial charge on any atom is -0.339 e. The first-order chi connectivity index (χ1) is 8.74. The van der Waals surface area contributed by atoms with Crippen molar-refractivity contribution in [3.05, 3.63) is 42.1 Å². The van der Waals surface area contributed by atoms with Crippen molar-refractivity contribution in [2.45, 2.75) is 6.42 Å². The number of hydrogen-bond acceptors (Lipinski definition) is 2. The van der Waals surface area contributed by atoms with Crippen molar-refractivity contribution >= 4 is 5.91 Å². The molecule has 0 atom stereocenters. The number of rotatable bonds is 2. The van der Waals surface area contributed by atoms with Gasteiger partial charge in [0.1, 0.15) is 5.69 Å². The lowest BCUT2D eigenvalue weighted by Gasteiger charge is -2.30. The zero-order valence-electron chi connectivity index (χ0n) is 10.3. The minimum atomic E-state index is 0.123. The normalized spacial score (nSPS) is 14.4. The summed E-state index contributed by atoms with van der Waals surface area (Å²) in [7, 11) is 1.86. The second kappa shape index (κ2) is 4.29. The molecule has 0 N–H and O–H groups in total. The molecule has 2 heterocycles. The average Bonchev–Trinajstić information content (AvgIpc) is 2.74. The Labute approximate surface area is 106 Å². The summed E-state index contributed by atoms with van der Waals surface area (Å²) >= 11 is 0. The van der Waals surface area contributed by atoms with Gasteiger partial charge in [0.25, 0.3) is 5.91 Å². The molecule has 2 aromatic rings. The molecular formula is C14H14N3O. The van der Waals surface area contributed by atoms with Gasteiger partial charge in [-0.3, -0.25) is 9.48 Å². The molecule has 4 nitrogen and oxygen atoms in total. The fraction of sp³-hybridized carbons (Fsp3) is 0.286. The Kier molecular flexibility index (Phi) is 2.63.